The number of benzene rings is 2. The summed E-state index contributed by atoms with van der Waals surface area (Å²) in [6.07, 6.45) is 1.62. The van der Waals surface area contributed by atoms with Crippen LogP contribution in [0.4, 0.5) is 4.39 Å². The molecule has 1 radical (unpaired) electrons. The second kappa shape index (κ2) is 7.25. The number of aryl methyl sites for hydroxylation is 1. The highest BCUT2D eigenvalue weighted by Gasteiger charge is 2.21. The maximum Gasteiger partial charge on any atom is 0.165 e. The quantitative estimate of drug-likeness (QED) is 0.476. The summed E-state index contributed by atoms with van der Waals surface area (Å²) in [4.78, 5) is 10.5. The first-order chi connectivity index (χ1) is 14.6. The molecule has 0 aliphatic carbocycles. The normalized spacial score (nSPS) is 14.4. The van der Waals surface area contributed by atoms with Crippen molar-refractivity contribution in [2.24, 2.45) is 0 Å². The third kappa shape index (κ3) is 3.06. The average molecular weight is 404 g/mol. The lowest BCUT2D eigenvalue weighted by molar-refractivity contribution is 0.276. The maximum atomic E-state index is 14.0. The number of rotatable bonds is 4. The summed E-state index contributed by atoms with van der Waals surface area (Å²) in [6.45, 7) is 8.50. The molecular formula is C23H23FN5O. The van der Waals surface area contributed by atoms with Crippen LogP contribution in [-0.2, 0) is 19.4 Å². The van der Waals surface area contributed by atoms with Crippen LogP contribution in [0, 0.1) is 12.7 Å². The highest BCUT2D eigenvalue weighted by molar-refractivity contribution is 5.94. The number of fused-ring (bicyclic) bond motifs is 2. The van der Waals surface area contributed by atoms with Crippen molar-refractivity contribution in [1.82, 2.24) is 25.1 Å². The van der Waals surface area contributed by atoms with Gasteiger partial charge in [0, 0.05) is 30.6 Å². The summed E-state index contributed by atoms with van der Waals surface area (Å²) in [5.41, 5.74) is 6.38. The third-order valence-electron chi connectivity index (χ3n) is 5.88. The molecule has 2 aromatic carbocycles. The molecule has 0 atom stereocenters. The van der Waals surface area contributed by atoms with Crippen molar-refractivity contribution in [3.8, 4) is 28.4 Å². The minimum Gasteiger partial charge on any atom is -0.505 e. The topological polar surface area (TPSA) is 80.8 Å². The fourth-order valence-corrected chi connectivity index (χ4v) is 4.18. The number of nitrogens with zero attached hydrogens (tertiary/aromatic N) is 3. The Bertz CT molecular complexity index is 1240. The predicted molar refractivity (Wildman–Crippen MR) is 114 cm³/mol. The molecule has 3 N–H and O–H groups in total. The van der Waals surface area contributed by atoms with Crippen molar-refractivity contribution in [3.63, 3.8) is 0 Å². The van der Waals surface area contributed by atoms with E-state index in [9.17, 15) is 9.50 Å². The van der Waals surface area contributed by atoms with E-state index in [4.69, 9.17) is 4.98 Å². The van der Waals surface area contributed by atoms with E-state index in [1.165, 1.54) is 12.1 Å². The molecule has 0 saturated heterocycles. The largest absolute Gasteiger partial charge is 0.505 e. The Balaban J connectivity index is 1.54. The van der Waals surface area contributed by atoms with Gasteiger partial charge in [-0.15, -0.1) is 0 Å². The lowest BCUT2D eigenvalue weighted by Gasteiger charge is -2.23. The molecule has 0 fully saturated rings. The van der Waals surface area contributed by atoms with Crippen LogP contribution < -0.4 is 0 Å². The number of aromatic nitrogens is 4. The number of phenolic OH excluding ortho intramolecular Hbond substituents is 1. The number of hydrogen-bond donors (Lipinski definition) is 3. The fourth-order valence-electron chi connectivity index (χ4n) is 4.18. The van der Waals surface area contributed by atoms with E-state index in [1.807, 2.05) is 25.1 Å². The Morgan fingerprint density at radius 2 is 2.13 bits per heavy atom. The molecule has 5 rings (SSSR count). The molecule has 0 unspecified atom stereocenters. The van der Waals surface area contributed by atoms with Crippen LogP contribution in [0.5, 0.6) is 5.75 Å². The van der Waals surface area contributed by atoms with E-state index in [0.29, 0.717) is 6.42 Å². The van der Waals surface area contributed by atoms with Gasteiger partial charge in [0.25, 0.3) is 0 Å². The number of nitrogens with one attached hydrogen (secondary N) is 2. The Kier molecular flexibility index (Phi) is 4.55. The van der Waals surface area contributed by atoms with Crippen LogP contribution in [0.1, 0.15) is 23.9 Å². The number of H-pyrrole nitrogens is 2. The highest BCUT2D eigenvalue weighted by atomic mass is 19.1. The van der Waals surface area contributed by atoms with Crippen molar-refractivity contribution in [1.29, 1.82) is 0 Å². The highest BCUT2D eigenvalue weighted by Crippen LogP contribution is 2.34. The molecule has 7 heteroatoms. The van der Waals surface area contributed by atoms with Crippen LogP contribution in [0.3, 0.4) is 0 Å². The minimum atomic E-state index is -0.620. The molecule has 0 saturated carbocycles. The van der Waals surface area contributed by atoms with Gasteiger partial charge in [0.1, 0.15) is 5.69 Å². The van der Waals surface area contributed by atoms with Crippen molar-refractivity contribution in [2.45, 2.75) is 26.3 Å². The van der Waals surface area contributed by atoms with E-state index in [-0.39, 0.29) is 5.75 Å². The standard InChI is InChI=1S/C23H23FN5O/c1-3-13-10-21(30)17(24)11-16(13)14-5-6-15-19(9-14)27-28-22(15)23-25-18-7-8-29(4-2)12-20(18)26-23/h5-6,9-11,30H,2-4,7-8,12H2,1H3,(H,25,26)(H,27,28). The van der Waals surface area contributed by atoms with Crippen LogP contribution >= 0.6 is 0 Å². The molecular weight excluding hydrogens is 381 g/mol. The van der Waals surface area contributed by atoms with Crippen molar-refractivity contribution in [3.05, 3.63) is 60.0 Å². The molecule has 1 aliphatic rings. The van der Waals surface area contributed by atoms with Crippen molar-refractivity contribution in [2.75, 3.05) is 13.1 Å². The van der Waals surface area contributed by atoms with E-state index < -0.39 is 5.82 Å². The first-order valence-electron chi connectivity index (χ1n) is 10.2. The molecule has 2 aromatic heterocycles. The van der Waals surface area contributed by atoms with E-state index in [1.54, 1.807) is 0 Å². The van der Waals surface area contributed by atoms with Gasteiger partial charge in [-0.3, -0.25) is 10.00 Å². The van der Waals surface area contributed by atoms with E-state index in [0.717, 1.165) is 76.6 Å². The molecule has 1 aliphatic heterocycles. The molecule has 0 amide bonds. The lowest BCUT2D eigenvalue weighted by Crippen LogP contribution is -2.30. The number of aromatic hydroxyl groups is 1. The first-order valence-corrected chi connectivity index (χ1v) is 10.2. The smallest absolute Gasteiger partial charge is 0.165 e. The zero-order valence-electron chi connectivity index (χ0n) is 16.8. The lowest BCUT2D eigenvalue weighted by atomic mass is 9.96. The van der Waals surface area contributed by atoms with Gasteiger partial charge in [-0.25, -0.2) is 9.37 Å². The second-order valence-corrected chi connectivity index (χ2v) is 7.68. The molecule has 3 heterocycles. The zero-order chi connectivity index (χ0) is 20.8. The van der Waals surface area contributed by atoms with Gasteiger partial charge in [0.15, 0.2) is 17.4 Å². The summed E-state index contributed by atoms with van der Waals surface area (Å²) >= 11 is 0. The summed E-state index contributed by atoms with van der Waals surface area (Å²) < 4.78 is 14.0. The van der Waals surface area contributed by atoms with Crippen molar-refractivity contribution < 1.29 is 9.50 Å². The number of imidazole rings is 1. The Labute approximate surface area is 173 Å². The average Bonchev–Trinajstić information content (AvgIpc) is 3.37. The Morgan fingerprint density at radius 1 is 1.27 bits per heavy atom. The second-order valence-electron chi connectivity index (χ2n) is 7.68. The summed E-state index contributed by atoms with van der Waals surface area (Å²) in [7, 11) is 0. The third-order valence-corrected chi connectivity index (χ3v) is 5.88. The molecule has 0 bridgehead atoms. The molecule has 30 heavy (non-hydrogen) atoms. The summed E-state index contributed by atoms with van der Waals surface area (Å²) in [5, 5.41) is 18.2. The van der Waals surface area contributed by atoms with E-state index >= 15 is 0 Å². The van der Waals surface area contributed by atoms with Crippen LogP contribution in [0.15, 0.2) is 30.3 Å². The van der Waals surface area contributed by atoms with Gasteiger partial charge >= 0.3 is 0 Å². The number of phenols is 1. The monoisotopic (exact) mass is 404 g/mol. The van der Waals surface area contributed by atoms with Gasteiger partial charge in [0.05, 0.1) is 11.2 Å². The molecule has 0 spiro atoms. The minimum absolute atomic E-state index is 0.320. The number of hydrogen-bond acceptors (Lipinski definition) is 4. The predicted octanol–water partition coefficient (Wildman–Crippen LogP) is 4.22. The Morgan fingerprint density at radius 3 is 2.93 bits per heavy atom. The van der Waals surface area contributed by atoms with Gasteiger partial charge < -0.3 is 10.1 Å². The van der Waals surface area contributed by atoms with Gasteiger partial charge in [-0.1, -0.05) is 13.0 Å². The summed E-state index contributed by atoms with van der Waals surface area (Å²) in [6, 6.07) is 8.79. The molecule has 4 aromatic rings. The van der Waals surface area contributed by atoms with Crippen LogP contribution in [0.25, 0.3) is 33.5 Å². The van der Waals surface area contributed by atoms with Crippen LogP contribution in [0.2, 0.25) is 0 Å². The van der Waals surface area contributed by atoms with Crippen molar-refractivity contribution >= 4 is 10.9 Å². The number of halogens is 1. The molecule has 153 valence electrons. The SMILES string of the molecule is [CH2]CN1CCc2[nH]c(-c3n[nH]c4cc(-c5cc(F)c(O)cc5CC)ccc34)nc2C1. The van der Waals surface area contributed by atoms with E-state index in [2.05, 4.69) is 27.0 Å². The number of aromatic amines is 2. The fraction of sp³-hybridized carbons (Fsp3) is 0.261. The maximum absolute atomic E-state index is 14.0. The Hall–Kier alpha value is -3.19. The van der Waals surface area contributed by atoms with Gasteiger partial charge in [-0.05, 0) is 60.8 Å². The zero-order valence-corrected chi connectivity index (χ0v) is 16.8. The first kappa shape index (κ1) is 18.8. The summed E-state index contributed by atoms with van der Waals surface area (Å²) in [5.74, 6) is -0.181. The molecule has 6 nitrogen and oxygen atoms in total. The van der Waals surface area contributed by atoms with Gasteiger partial charge in [-0.2, -0.15) is 5.10 Å². The van der Waals surface area contributed by atoms with Gasteiger partial charge in [0.2, 0.25) is 0 Å². The van der Waals surface area contributed by atoms with Crippen LogP contribution in [-0.4, -0.2) is 43.3 Å².